The standard InChI is InChI=1S/C6H14N4O2.C5H11N3O5/c7-4(5(11)12)2-1-3-10-6(8)9;6-3-1-2-4(7)5(9)12-13-8(10)11/h4H,1-3,7H2,(H,11,12)(H4,8,9,10);4H,1-3,6-7H2. The Bertz CT molecular complexity index is 442. The van der Waals surface area contributed by atoms with Crippen LogP contribution in [0.15, 0.2) is 4.99 Å². The molecule has 0 rings (SSSR count). The number of guanidine groups is 1. The van der Waals surface area contributed by atoms with Crippen molar-refractivity contribution in [2.24, 2.45) is 33.7 Å². The van der Waals surface area contributed by atoms with E-state index in [1.54, 1.807) is 0 Å². The first kappa shape index (κ1) is 24.5. The van der Waals surface area contributed by atoms with E-state index in [1.165, 1.54) is 0 Å². The van der Waals surface area contributed by atoms with Crippen molar-refractivity contribution in [2.45, 2.75) is 37.8 Å². The minimum Gasteiger partial charge on any atom is -0.480 e. The molecule has 2 atom stereocenters. The lowest BCUT2D eigenvalue weighted by molar-refractivity contribution is -0.839. The predicted molar refractivity (Wildman–Crippen MR) is 86.0 cm³/mol. The maximum atomic E-state index is 10.7. The molecule has 0 aromatic heterocycles. The van der Waals surface area contributed by atoms with Crippen LogP contribution in [0.1, 0.15) is 25.7 Å². The summed E-state index contributed by atoms with van der Waals surface area (Å²) < 4.78 is 0. The Labute approximate surface area is 143 Å². The number of hydrogen-bond acceptors (Lipinski definition) is 10. The van der Waals surface area contributed by atoms with Crippen LogP contribution in [0.2, 0.25) is 0 Å². The SMILES string of the molecule is NC(N)=NCCCC(N)C(=O)O.NCCCC(N)C(=O)OO[N+](=O)[O-]. The van der Waals surface area contributed by atoms with Crippen molar-refractivity contribution in [3.63, 3.8) is 0 Å². The number of carbonyl (C=O) groups is 2. The first-order valence-corrected chi connectivity index (χ1v) is 7.14. The lowest BCUT2D eigenvalue weighted by atomic mass is 10.2. The van der Waals surface area contributed by atoms with Crippen molar-refractivity contribution in [3.05, 3.63) is 10.1 Å². The van der Waals surface area contributed by atoms with Crippen LogP contribution in [0.5, 0.6) is 0 Å². The van der Waals surface area contributed by atoms with E-state index in [9.17, 15) is 19.7 Å². The number of carbonyl (C=O) groups excluding carboxylic acids is 1. The van der Waals surface area contributed by atoms with Gasteiger partial charge in [0.15, 0.2) is 5.96 Å². The fourth-order valence-electron chi connectivity index (χ4n) is 1.23. The maximum absolute atomic E-state index is 10.7. The summed E-state index contributed by atoms with van der Waals surface area (Å²) in [6, 6.07) is -1.76. The van der Waals surface area contributed by atoms with Crippen LogP contribution in [-0.2, 0) is 19.5 Å². The third-order valence-corrected chi connectivity index (χ3v) is 2.49. The smallest absolute Gasteiger partial charge is 0.359 e. The number of nitrogens with zero attached hydrogens (tertiary/aromatic N) is 2. The zero-order valence-electron chi connectivity index (χ0n) is 13.6. The highest BCUT2D eigenvalue weighted by molar-refractivity contribution is 5.75. The van der Waals surface area contributed by atoms with Crippen molar-refractivity contribution in [1.29, 1.82) is 0 Å². The molecule has 0 radical (unpaired) electrons. The van der Waals surface area contributed by atoms with Crippen LogP contribution in [0.4, 0.5) is 0 Å². The average Bonchev–Trinajstić information content (AvgIpc) is 2.54. The summed E-state index contributed by atoms with van der Waals surface area (Å²) in [5.41, 5.74) is 25.7. The average molecular weight is 367 g/mol. The van der Waals surface area contributed by atoms with Crippen molar-refractivity contribution < 1.29 is 29.7 Å². The van der Waals surface area contributed by atoms with Gasteiger partial charge in [0, 0.05) is 6.54 Å². The number of rotatable bonds is 11. The van der Waals surface area contributed by atoms with Crippen LogP contribution >= 0.6 is 0 Å². The molecule has 0 fully saturated rings. The number of carboxylic acids is 1. The molecule has 14 heteroatoms. The number of carboxylic acid groups (broad SMARTS) is 1. The van der Waals surface area contributed by atoms with E-state index >= 15 is 0 Å². The lowest BCUT2D eigenvalue weighted by Gasteiger charge is -2.06. The molecular weight excluding hydrogens is 342 g/mol. The van der Waals surface area contributed by atoms with E-state index in [0.29, 0.717) is 38.8 Å². The van der Waals surface area contributed by atoms with Gasteiger partial charge < -0.3 is 33.8 Å². The van der Waals surface area contributed by atoms with Gasteiger partial charge in [0.05, 0.1) is 0 Å². The van der Waals surface area contributed by atoms with E-state index in [4.69, 9.17) is 33.8 Å². The van der Waals surface area contributed by atoms with Crippen molar-refractivity contribution in [3.8, 4) is 0 Å². The molecule has 146 valence electrons. The summed E-state index contributed by atoms with van der Waals surface area (Å²) in [7, 11) is 0. The highest BCUT2D eigenvalue weighted by Gasteiger charge is 2.16. The number of nitrogens with two attached hydrogens (primary N) is 5. The van der Waals surface area contributed by atoms with Gasteiger partial charge in [-0.2, -0.15) is 0 Å². The van der Waals surface area contributed by atoms with Gasteiger partial charge in [0.2, 0.25) is 0 Å². The third-order valence-electron chi connectivity index (χ3n) is 2.49. The molecule has 0 heterocycles. The molecule has 0 aromatic carbocycles. The maximum Gasteiger partial charge on any atom is 0.359 e. The topological polar surface area (TPSA) is 258 Å². The lowest BCUT2D eigenvalue weighted by Crippen LogP contribution is -2.33. The molecule has 2 unspecified atom stereocenters. The minimum atomic E-state index is -1.24. The van der Waals surface area contributed by atoms with Crippen molar-refractivity contribution in [2.75, 3.05) is 13.1 Å². The Morgan fingerprint density at radius 3 is 2.16 bits per heavy atom. The monoisotopic (exact) mass is 367 g/mol. The first-order valence-electron chi connectivity index (χ1n) is 7.14. The van der Waals surface area contributed by atoms with E-state index in [-0.39, 0.29) is 5.96 Å². The Morgan fingerprint density at radius 2 is 1.72 bits per heavy atom. The summed E-state index contributed by atoms with van der Waals surface area (Å²) in [4.78, 5) is 41.3. The molecule has 25 heavy (non-hydrogen) atoms. The van der Waals surface area contributed by atoms with Gasteiger partial charge in [0.1, 0.15) is 12.1 Å². The van der Waals surface area contributed by atoms with Crippen LogP contribution in [0.3, 0.4) is 0 Å². The molecule has 0 aliphatic carbocycles. The van der Waals surface area contributed by atoms with Gasteiger partial charge in [0.25, 0.3) is 0 Å². The van der Waals surface area contributed by atoms with Gasteiger partial charge in [-0.05, 0) is 32.2 Å². The van der Waals surface area contributed by atoms with E-state index in [2.05, 4.69) is 14.9 Å². The van der Waals surface area contributed by atoms with E-state index in [1.807, 2.05) is 0 Å². The Hall–Kier alpha value is -2.71. The van der Waals surface area contributed by atoms with Gasteiger partial charge in [-0.1, -0.05) is 4.99 Å². The Balaban J connectivity index is 0. The summed E-state index contributed by atoms with van der Waals surface area (Å²) in [5.74, 6) is -1.97. The normalized spacial score (nSPS) is 12.0. The number of aliphatic imine (C=N–C) groups is 1. The molecule has 0 saturated carbocycles. The largest absolute Gasteiger partial charge is 0.480 e. The van der Waals surface area contributed by atoms with Crippen LogP contribution in [0.25, 0.3) is 0 Å². The highest BCUT2D eigenvalue weighted by Crippen LogP contribution is 1.96. The zero-order chi connectivity index (χ0) is 19.8. The molecule has 0 aromatic rings. The summed E-state index contributed by atoms with van der Waals surface area (Å²) >= 11 is 0. The van der Waals surface area contributed by atoms with Crippen LogP contribution < -0.4 is 28.7 Å². The summed E-state index contributed by atoms with van der Waals surface area (Å²) in [5, 5.41) is 16.7. The van der Waals surface area contributed by atoms with Crippen molar-refractivity contribution in [1.82, 2.24) is 0 Å². The highest BCUT2D eigenvalue weighted by atomic mass is 17.3. The number of hydrogen-bond donors (Lipinski definition) is 6. The molecule has 0 aliphatic heterocycles. The quantitative estimate of drug-likeness (QED) is 0.0539. The fraction of sp³-hybridized carbons (Fsp3) is 0.727. The molecule has 0 spiro atoms. The van der Waals surface area contributed by atoms with Crippen LogP contribution in [0, 0.1) is 10.1 Å². The first-order chi connectivity index (χ1) is 11.6. The molecule has 0 bridgehead atoms. The summed E-state index contributed by atoms with van der Waals surface area (Å²) in [6.45, 7) is 0.806. The Kier molecular flexibility index (Phi) is 14.6. The zero-order valence-corrected chi connectivity index (χ0v) is 13.6. The second kappa shape index (κ2) is 14.9. The Morgan fingerprint density at radius 1 is 1.16 bits per heavy atom. The van der Waals surface area contributed by atoms with Gasteiger partial charge in [-0.25, -0.2) is 4.79 Å². The van der Waals surface area contributed by atoms with E-state index in [0.717, 1.165) is 0 Å². The van der Waals surface area contributed by atoms with Gasteiger partial charge in [-0.15, -0.1) is 10.1 Å². The minimum absolute atomic E-state index is 0.0129. The molecule has 0 aliphatic rings. The predicted octanol–water partition coefficient (Wildman–Crippen LogP) is -2.83. The summed E-state index contributed by atoms with van der Waals surface area (Å²) in [6.07, 6.45) is 1.79. The second-order valence-electron chi connectivity index (χ2n) is 4.63. The number of aliphatic carboxylic acids is 1. The molecule has 0 amide bonds. The molecule has 0 saturated heterocycles. The van der Waals surface area contributed by atoms with Crippen molar-refractivity contribution >= 4 is 17.9 Å². The van der Waals surface area contributed by atoms with E-state index < -0.39 is 29.1 Å². The van der Waals surface area contributed by atoms with Crippen LogP contribution in [-0.4, -0.2) is 53.3 Å². The second-order valence-corrected chi connectivity index (χ2v) is 4.63. The third kappa shape index (κ3) is 17.5. The molecular formula is C11H25N7O7. The molecule has 11 N–H and O–H groups in total. The molecule has 14 nitrogen and oxygen atoms in total. The fourth-order valence-corrected chi connectivity index (χ4v) is 1.23. The van der Waals surface area contributed by atoms with Gasteiger partial charge >= 0.3 is 17.0 Å². The van der Waals surface area contributed by atoms with Gasteiger partial charge in [-0.3, -0.25) is 14.7 Å².